The van der Waals surface area contributed by atoms with E-state index >= 15 is 0 Å². The molecule has 1 rings (SSSR count). The van der Waals surface area contributed by atoms with E-state index in [4.69, 9.17) is 5.11 Å². The molecular weight excluding hydrogens is 272 g/mol. The highest BCUT2D eigenvalue weighted by molar-refractivity contribution is 8.06. The lowest BCUT2D eigenvalue weighted by molar-refractivity contribution is -0.137. The van der Waals surface area contributed by atoms with Gasteiger partial charge < -0.3 is 15.7 Å². The van der Waals surface area contributed by atoms with Crippen LogP contribution in [-0.2, 0) is 4.79 Å². The van der Waals surface area contributed by atoms with Gasteiger partial charge in [-0.05, 0) is 6.42 Å². The summed E-state index contributed by atoms with van der Waals surface area (Å²) in [4.78, 5) is 22.2. The smallest absolute Gasteiger partial charge is 0.315 e. The molecule has 1 fully saturated rings. The molecule has 0 aliphatic carbocycles. The molecular formula is C11H20N2O3S2. The average molecular weight is 292 g/mol. The molecule has 0 aromatic heterocycles. The second-order valence-corrected chi connectivity index (χ2v) is 6.68. The molecule has 0 aromatic rings. The fraction of sp³-hybridized carbons (Fsp3) is 0.818. The van der Waals surface area contributed by atoms with E-state index in [2.05, 4.69) is 10.6 Å². The normalized spacial score (nSPS) is 21.1. The van der Waals surface area contributed by atoms with Gasteiger partial charge in [-0.25, -0.2) is 4.79 Å². The lowest BCUT2D eigenvalue weighted by atomic mass is 10.1. The van der Waals surface area contributed by atoms with Crippen LogP contribution in [0.25, 0.3) is 0 Å². The van der Waals surface area contributed by atoms with Crippen molar-refractivity contribution in [1.29, 1.82) is 0 Å². The number of nitrogens with one attached hydrogen (secondary N) is 2. The molecule has 0 radical (unpaired) electrons. The van der Waals surface area contributed by atoms with Crippen LogP contribution in [0.3, 0.4) is 0 Å². The van der Waals surface area contributed by atoms with E-state index in [0.717, 1.165) is 11.5 Å². The Labute approximate surface area is 116 Å². The van der Waals surface area contributed by atoms with Gasteiger partial charge in [0.1, 0.15) is 0 Å². The summed E-state index contributed by atoms with van der Waals surface area (Å²) in [5.41, 5.74) is 0. The number of hydrogen-bond donors (Lipinski definition) is 3. The largest absolute Gasteiger partial charge is 0.481 e. The van der Waals surface area contributed by atoms with Crippen LogP contribution < -0.4 is 10.6 Å². The minimum Gasteiger partial charge on any atom is -0.481 e. The van der Waals surface area contributed by atoms with Gasteiger partial charge in [-0.3, -0.25) is 4.79 Å². The van der Waals surface area contributed by atoms with Crippen molar-refractivity contribution < 1.29 is 14.7 Å². The molecule has 18 heavy (non-hydrogen) atoms. The number of carbonyl (C=O) groups excluding carboxylic acids is 1. The predicted molar refractivity (Wildman–Crippen MR) is 76.4 cm³/mol. The van der Waals surface area contributed by atoms with E-state index in [-0.39, 0.29) is 18.5 Å². The van der Waals surface area contributed by atoms with E-state index in [9.17, 15) is 9.59 Å². The first-order chi connectivity index (χ1) is 8.61. The average Bonchev–Trinajstić information content (AvgIpc) is 2.36. The fourth-order valence-corrected chi connectivity index (χ4v) is 4.22. The summed E-state index contributed by atoms with van der Waals surface area (Å²) in [6.07, 6.45) is 0.589. The van der Waals surface area contributed by atoms with Gasteiger partial charge in [0.05, 0.1) is 6.42 Å². The molecule has 2 amide bonds. The van der Waals surface area contributed by atoms with Crippen molar-refractivity contribution in [2.24, 2.45) is 0 Å². The second kappa shape index (κ2) is 8.53. The summed E-state index contributed by atoms with van der Waals surface area (Å²) in [5.74, 6) is 2.50. The molecule has 1 heterocycles. The summed E-state index contributed by atoms with van der Waals surface area (Å²) < 4.78 is 0. The van der Waals surface area contributed by atoms with E-state index in [0.29, 0.717) is 18.2 Å². The Bertz CT molecular complexity index is 283. The van der Waals surface area contributed by atoms with Gasteiger partial charge in [-0.1, -0.05) is 6.92 Å². The van der Waals surface area contributed by atoms with Crippen molar-refractivity contribution in [1.82, 2.24) is 10.6 Å². The summed E-state index contributed by atoms with van der Waals surface area (Å²) in [5, 5.41) is 14.7. The Morgan fingerprint density at radius 1 is 1.44 bits per heavy atom. The molecule has 1 saturated heterocycles. The third-order valence-electron chi connectivity index (χ3n) is 2.62. The zero-order valence-corrected chi connectivity index (χ0v) is 12.1. The van der Waals surface area contributed by atoms with Crippen molar-refractivity contribution in [3.8, 4) is 0 Å². The lowest BCUT2D eigenvalue weighted by Gasteiger charge is -2.22. The number of urea groups is 1. The third-order valence-corrected chi connectivity index (χ3v) is 5.47. The van der Waals surface area contributed by atoms with Crippen LogP contribution in [0.4, 0.5) is 4.79 Å². The van der Waals surface area contributed by atoms with Gasteiger partial charge in [0.15, 0.2) is 0 Å². The molecule has 0 bridgehead atoms. The van der Waals surface area contributed by atoms with Crippen molar-refractivity contribution in [2.45, 2.75) is 31.1 Å². The molecule has 3 N–H and O–H groups in total. The number of carbonyl (C=O) groups is 2. The Morgan fingerprint density at radius 3 is 2.78 bits per heavy atom. The number of amides is 2. The van der Waals surface area contributed by atoms with Crippen molar-refractivity contribution >= 4 is 35.5 Å². The van der Waals surface area contributed by atoms with Gasteiger partial charge in [0.2, 0.25) is 0 Å². The van der Waals surface area contributed by atoms with Crippen LogP contribution in [0.5, 0.6) is 0 Å². The van der Waals surface area contributed by atoms with Crippen LogP contribution in [0, 0.1) is 0 Å². The minimum absolute atomic E-state index is 0.0298. The van der Waals surface area contributed by atoms with Gasteiger partial charge in [0.25, 0.3) is 0 Å². The van der Waals surface area contributed by atoms with Gasteiger partial charge in [-0.2, -0.15) is 23.5 Å². The van der Waals surface area contributed by atoms with Crippen LogP contribution in [0.1, 0.15) is 19.8 Å². The van der Waals surface area contributed by atoms with Crippen molar-refractivity contribution in [3.63, 3.8) is 0 Å². The van der Waals surface area contributed by atoms with E-state index in [1.165, 1.54) is 5.75 Å². The summed E-state index contributed by atoms with van der Waals surface area (Å²) >= 11 is 3.79. The zero-order valence-electron chi connectivity index (χ0n) is 10.5. The standard InChI is InChI=1S/C11H20N2O3S2/c1-2-8(5-10(14)15)13-11(16)12-6-9-7-17-3-4-18-9/h8-9H,2-7H2,1H3,(H,14,15)(H2,12,13,16). The molecule has 7 heteroatoms. The molecule has 5 nitrogen and oxygen atoms in total. The lowest BCUT2D eigenvalue weighted by Crippen LogP contribution is -2.45. The van der Waals surface area contributed by atoms with E-state index < -0.39 is 5.97 Å². The number of thioether (sulfide) groups is 2. The molecule has 1 aliphatic heterocycles. The van der Waals surface area contributed by atoms with Crippen molar-refractivity contribution in [3.05, 3.63) is 0 Å². The predicted octanol–water partition coefficient (Wildman–Crippen LogP) is 1.39. The maximum absolute atomic E-state index is 11.6. The van der Waals surface area contributed by atoms with E-state index in [1.807, 2.05) is 30.4 Å². The Hall–Kier alpha value is -0.560. The molecule has 2 atom stereocenters. The number of carboxylic acid groups (broad SMARTS) is 1. The van der Waals surface area contributed by atoms with Crippen LogP contribution in [0.2, 0.25) is 0 Å². The Kier molecular flexibility index (Phi) is 7.34. The third kappa shape index (κ3) is 6.39. The highest BCUT2D eigenvalue weighted by atomic mass is 32.2. The van der Waals surface area contributed by atoms with Crippen molar-refractivity contribution in [2.75, 3.05) is 23.8 Å². The molecule has 2 unspecified atom stereocenters. The first-order valence-corrected chi connectivity index (χ1v) is 8.27. The quantitative estimate of drug-likeness (QED) is 0.689. The Morgan fingerprint density at radius 2 is 2.22 bits per heavy atom. The fourth-order valence-electron chi connectivity index (χ4n) is 1.61. The first-order valence-electron chi connectivity index (χ1n) is 6.07. The molecule has 0 saturated carbocycles. The molecule has 0 spiro atoms. The second-order valence-electron chi connectivity index (χ2n) is 4.13. The SMILES string of the molecule is CCC(CC(=O)O)NC(=O)NCC1CSCCS1. The molecule has 0 aromatic carbocycles. The molecule has 1 aliphatic rings. The minimum atomic E-state index is -0.888. The van der Waals surface area contributed by atoms with Gasteiger partial charge in [-0.15, -0.1) is 0 Å². The van der Waals surface area contributed by atoms with Gasteiger partial charge in [0, 0.05) is 35.1 Å². The summed E-state index contributed by atoms with van der Waals surface area (Å²) in [6, 6.07) is -0.560. The van der Waals surface area contributed by atoms with E-state index in [1.54, 1.807) is 0 Å². The zero-order chi connectivity index (χ0) is 13.4. The Balaban J connectivity index is 2.20. The highest BCUT2D eigenvalue weighted by Crippen LogP contribution is 2.23. The highest BCUT2D eigenvalue weighted by Gasteiger charge is 2.17. The molecule has 104 valence electrons. The van der Waals surface area contributed by atoms with Crippen LogP contribution in [-0.4, -0.2) is 52.2 Å². The maximum atomic E-state index is 11.6. The summed E-state index contributed by atoms with van der Waals surface area (Å²) in [6.45, 7) is 2.51. The topological polar surface area (TPSA) is 78.4 Å². The monoisotopic (exact) mass is 292 g/mol. The number of aliphatic carboxylic acids is 1. The first kappa shape index (κ1) is 15.5. The van der Waals surface area contributed by atoms with Crippen LogP contribution >= 0.6 is 23.5 Å². The number of carboxylic acids is 1. The van der Waals surface area contributed by atoms with Gasteiger partial charge >= 0.3 is 12.0 Å². The summed E-state index contributed by atoms with van der Waals surface area (Å²) in [7, 11) is 0. The maximum Gasteiger partial charge on any atom is 0.315 e. The number of rotatable bonds is 6. The van der Waals surface area contributed by atoms with Crippen LogP contribution in [0.15, 0.2) is 0 Å². The number of hydrogen-bond acceptors (Lipinski definition) is 4.